The zero-order valence-corrected chi connectivity index (χ0v) is 12.9. The molecule has 2 rings (SSSR count). The monoisotopic (exact) mass is 308 g/mol. The lowest BCUT2D eigenvalue weighted by Crippen LogP contribution is -2.53. The second-order valence-corrected chi connectivity index (χ2v) is 5.54. The van der Waals surface area contributed by atoms with Crippen molar-refractivity contribution in [2.24, 2.45) is 0 Å². The molecule has 1 aromatic carbocycles. The van der Waals surface area contributed by atoms with Crippen LogP contribution in [0.2, 0.25) is 0 Å². The van der Waals surface area contributed by atoms with E-state index in [0.29, 0.717) is 39.1 Å². The van der Waals surface area contributed by atoms with E-state index in [1.807, 2.05) is 24.3 Å². The highest BCUT2D eigenvalue weighted by Crippen LogP contribution is 2.25. The van der Waals surface area contributed by atoms with Gasteiger partial charge in [0, 0.05) is 43.7 Å². The van der Waals surface area contributed by atoms with Crippen LogP contribution >= 0.6 is 0 Å². The van der Waals surface area contributed by atoms with Gasteiger partial charge in [-0.25, -0.2) is 4.79 Å². The van der Waals surface area contributed by atoms with Crippen LogP contribution in [0.4, 0.5) is 10.5 Å². The highest BCUT2D eigenvalue weighted by Gasteiger charge is 2.33. The molecule has 122 valence electrons. The lowest BCUT2D eigenvalue weighted by atomic mass is 9.87. The second kappa shape index (κ2) is 8.12. The van der Waals surface area contributed by atoms with Crippen molar-refractivity contribution in [3.8, 4) is 0 Å². The first-order valence-electron chi connectivity index (χ1n) is 7.54. The maximum absolute atomic E-state index is 12.3. The number of ether oxygens (including phenoxy) is 2. The third kappa shape index (κ3) is 4.43. The van der Waals surface area contributed by atoms with E-state index in [9.17, 15) is 9.90 Å². The number of amides is 2. The molecule has 0 saturated carbocycles. The smallest absolute Gasteiger partial charge is 0.319 e. The summed E-state index contributed by atoms with van der Waals surface area (Å²) in [7, 11) is 1.62. The molecule has 6 heteroatoms. The Bertz CT molecular complexity index is 481. The van der Waals surface area contributed by atoms with Crippen molar-refractivity contribution >= 4 is 11.7 Å². The van der Waals surface area contributed by atoms with Crippen molar-refractivity contribution in [3.63, 3.8) is 0 Å². The molecule has 0 aromatic heterocycles. The number of rotatable bonds is 6. The summed E-state index contributed by atoms with van der Waals surface area (Å²) in [5.74, 6) is 0. The Labute approximate surface area is 130 Å². The number of hydrogen-bond donors (Lipinski definition) is 3. The normalized spacial score (nSPS) is 17.0. The largest absolute Gasteiger partial charge is 0.396 e. The SMILES string of the molecule is COCc1ccccc1NC(=O)NC1(CCO)CCOCC1. The summed E-state index contributed by atoms with van der Waals surface area (Å²) >= 11 is 0. The van der Waals surface area contributed by atoms with Crippen LogP contribution in [0.1, 0.15) is 24.8 Å². The van der Waals surface area contributed by atoms with Gasteiger partial charge in [-0.1, -0.05) is 18.2 Å². The van der Waals surface area contributed by atoms with Crippen molar-refractivity contribution in [3.05, 3.63) is 29.8 Å². The van der Waals surface area contributed by atoms with Crippen LogP contribution in [0.5, 0.6) is 0 Å². The molecule has 0 spiro atoms. The van der Waals surface area contributed by atoms with E-state index in [-0.39, 0.29) is 12.6 Å². The van der Waals surface area contributed by atoms with Crippen molar-refractivity contribution in [1.29, 1.82) is 0 Å². The van der Waals surface area contributed by atoms with Gasteiger partial charge >= 0.3 is 6.03 Å². The second-order valence-electron chi connectivity index (χ2n) is 5.54. The number of carbonyl (C=O) groups is 1. The Morgan fingerprint density at radius 2 is 2.09 bits per heavy atom. The molecule has 22 heavy (non-hydrogen) atoms. The van der Waals surface area contributed by atoms with E-state index >= 15 is 0 Å². The number of para-hydroxylation sites is 1. The van der Waals surface area contributed by atoms with Gasteiger partial charge in [-0.2, -0.15) is 0 Å². The van der Waals surface area contributed by atoms with E-state index in [4.69, 9.17) is 9.47 Å². The first-order valence-corrected chi connectivity index (χ1v) is 7.54. The number of benzene rings is 1. The standard InChI is InChI=1S/C16H24N2O4/c1-21-12-13-4-2-3-5-14(13)17-15(20)18-16(6-9-19)7-10-22-11-8-16/h2-5,19H,6-12H2,1H3,(H2,17,18,20). The zero-order chi connectivity index (χ0) is 15.8. The molecule has 0 radical (unpaired) electrons. The zero-order valence-electron chi connectivity index (χ0n) is 12.9. The molecule has 1 saturated heterocycles. The molecule has 6 nitrogen and oxygen atoms in total. The highest BCUT2D eigenvalue weighted by molar-refractivity contribution is 5.90. The number of urea groups is 1. The summed E-state index contributed by atoms with van der Waals surface area (Å²) in [6, 6.07) is 7.27. The molecule has 0 unspecified atom stereocenters. The number of anilines is 1. The van der Waals surface area contributed by atoms with E-state index in [2.05, 4.69) is 10.6 Å². The van der Waals surface area contributed by atoms with Gasteiger partial charge in [0.15, 0.2) is 0 Å². The van der Waals surface area contributed by atoms with Gasteiger partial charge in [-0.3, -0.25) is 0 Å². The van der Waals surface area contributed by atoms with Gasteiger partial charge in [-0.15, -0.1) is 0 Å². The van der Waals surface area contributed by atoms with Gasteiger partial charge in [0.05, 0.1) is 6.61 Å². The molecule has 0 bridgehead atoms. The highest BCUT2D eigenvalue weighted by atomic mass is 16.5. The molecule has 1 aromatic rings. The van der Waals surface area contributed by atoms with E-state index < -0.39 is 5.54 Å². The molecule has 0 aliphatic carbocycles. The third-order valence-corrected chi connectivity index (χ3v) is 3.98. The van der Waals surface area contributed by atoms with Gasteiger partial charge in [-0.05, 0) is 25.3 Å². The summed E-state index contributed by atoms with van der Waals surface area (Å²) in [5.41, 5.74) is 1.25. The Hall–Kier alpha value is -1.63. The van der Waals surface area contributed by atoms with E-state index in [1.165, 1.54) is 0 Å². The van der Waals surface area contributed by atoms with Gasteiger partial charge in [0.1, 0.15) is 0 Å². The number of nitrogens with one attached hydrogen (secondary N) is 2. The fraction of sp³-hybridized carbons (Fsp3) is 0.562. The Morgan fingerprint density at radius 1 is 1.36 bits per heavy atom. The van der Waals surface area contributed by atoms with Crippen LogP contribution in [0, 0.1) is 0 Å². The Kier molecular flexibility index (Phi) is 6.18. The first kappa shape index (κ1) is 16.7. The fourth-order valence-corrected chi connectivity index (χ4v) is 2.73. The van der Waals surface area contributed by atoms with Crippen LogP contribution in [0.15, 0.2) is 24.3 Å². The topological polar surface area (TPSA) is 79.8 Å². The molecular formula is C16H24N2O4. The summed E-state index contributed by atoms with van der Waals surface area (Å²) in [6.45, 7) is 1.67. The van der Waals surface area contributed by atoms with Crippen molar-refractivity contribution in [2.45, 2.75) is 31.4 Å². The number of carbonyl (C=O) groups excluding carboxylic acids is 1. The lowest BCUT2D eigenvalue weighted by Gasteiger charge is -2.37. The number of aliphatic hydroxyl groups is 1. The van der Waals surface area contributed by atoms with Crippen molar-refractivity contribution < 1.29 is 19.4 Å². The minimum Gasteiger partial charge on any atom is -0.396 e. The molecule has 2 amide bonds. The summed E-state index contributed by atoms with van der Waals surface area (Å²) in [4.78, 5) is 12.3. The molecule has 0 atom stereocenters. The Morgan fingerprint density at radius 3 is 2.77 bits per heavy atom. The van der Waals surface area contributed by atoms with E-state index in [1.54, 1.807) is 7.11 Å². The average Bonchev–Trinajstić information content (AvgIpc) is 2.50. The van der Waals surface area contributed by atoms with E-state index in [0.717, 1.165) is 11.3 Å². The van der Waals surface area contributed by atoms with Crippen LogP contribution < -0.4 is 10.6 Å². The summed E-state index contributed by atoms with van der Waals surface area (Å²) in [5, 5.41) is 15.2. The minimum absolute atomic E-state index is 0.0422. The summed E-state index contributed by atoms with van der Waals surface area (Å²) in [6.07, 6.45) is 1.95. The van der Waals surface area contributed by atoms with Gasteiger partial charge in [0.2, 0.25) is 0 Å². The molecule has 1 heterocycles. The molecule has 1 aliphatic heterocycles. The molecule has 3 N–H and O–H groups in total. The number of methoxy groups -OCH3 is 1. The number of aliphatic hydroxyl groups excluding tert-OH is 1. The average molecular weight is 308 g/mol. The van der Waals surface area contributed by atoms with Crippen LogP contribution in [0.3, 0.4) is 0 Å². The van der Waals surface area contributed by atoms with Crippen LogP contribution in [-0.2, 0) is 16.1 Å². The predicted molar refractivity (Wildman–Crippen MR) is 83.8 cm³/mol. The fourth-order valence-electron chi connectivity index (χ4n) is 2.73. The maximum atomic E-state index is 12.3. The molecular weight excluding hydrogens is 284 g/mol. The first-order chi connectivity index (χ1) is 10.7. The molecule has 1 fully saturated rings. The summed E-state index contributed by atoms with van der Waals surface area (Å²) < 4.78 is 10.5. The van der Waals surface area contributed by atoms with Gasteiger partial charge in [0.25, 0.3) is 0 Å². The third-order valence-electron chi connectivity index (χ3n) is 3.98. The minimum atomic E-state index is -0.396. The van der Waals surface area contributed by atoms with Crippen LogP contribution in [-0.4, -0.2) is 43.6 Å². The quantitative estimate of drug-likeness (QED) is 0.750. The number of hydrogen-bond acceptors (Lipinski definition) is 4. The Balaban J connectivity index is 2.02. The van der Waals surface area contributed by atoms with Crippen molar-refractivity contribution in [1.82, 2.24) is 5.32 Å². The van der Waals surface area contributed by atoms with Crippen LogP contribution in [0.25, 0.3) is 0 Å². The molecule has 1 aliphatic rings. The predicted octanol–water partition coefficient (Wildman–Crippen LogP) is 1.89. The maximum Gasteiger partial charge on any atom is 0.319 e. The van der Waals surface area contributed by atoms with Crippen molar-refractivity contribution in [2.75, 3.05) is 32.2 Å². The lowest BCUT2D eigenvalue weighted by molar-refractivity contribution is 0.0330. The van der Waals surface area contributed by atoms with Gasteiger partial charge < -0.3 is 25.2 Å².